The van der Waals surface area contributed by atoms with Crippen LogP contribution in [0.15, 0.2) is 73.6 Å². The Kier molecular flexibility index (Phi) is 4.07. The van der Waals surface area contributed by atoms with Gasteiger partial charge in [0, 0.05) is 77.4 Å². The number of para-hydroxylation sites is 1. The maximum Gasteiger partial charge on any atom is 0.259 e. The lowest BCUT2D eigenvalue weighted by atomic mass is 9.95. The SMILES string of the molecule is Cn1cc(C2=C(c3cn(C)c4cc(-c5cncnc5)ccc34)C(=O)NC2=O)c2ccccc21. The first-order chi connectivity index (χ1) is 16.0. The topological polar surface area (TPSA) is 81.8 Å². The van der Waals surface area contributed by atoms with Gasteiger partial charge in [0.1, 0.15) is 6.33 Å². The maximum atomic E-state index is 13.0. The van der Waals surface area contributed by atoms with E-state index >= 15 is 0 Å². The number of imide groups is 1. The van der Waals surface area contributed by atoms with Crippen LogP contribution in [0.3, 0.4) is 0 Å². The van der Waals surface area contributed by atoms with E-state index in [2.05, 4.69) is 15.3 Å². The van der Waals surface area contributed by atoms with Crippen molar-refractivity contribution >= 4 is 44.8 Å². The molecule has 4 heterocycles. The van der Waals surface area contributed by atoms with E-state index in [1.165, 1.54) is 6.33 Å². The summed E-state index contributed by atoms with van der Waals surface area (Å²) in [7, 11) is 3.87. The fourth-order valence-corrected chi connectivity index (χ4v) is 4.72. The highest BCUT2D eigenvalue weighted by Crippen LogP contribution is 2.39. The van der Waals surface area contributed by atoms with Crippen LogP contribution in [0.25, 0.3) is 44.1 Å². The normalized spacial score (nSPS) is 14.0. The molecule has 0 saturated carbocycles. The number of amides is 2. The molecule has 2 amide bonds. The van der Waals surface area contributed by atoms with Gasteiger partial charge in [0.05, 0.1) is 11.1 Å². The molecule has 0 saturated heterocycles. The van der Waals surface area contributed by atoms with Crippen LogP contribution in [0.5, 0.6) is 0 Å². The zero-order valence-electron chi connectivity index (χ0n) is 18.0. The summed E-state index contributed by atoms with van der Waals surface area (Å²) in [6.07, 6.45) is 8.86. The standard InChI is InChI=1S/C26H19N5O2/c1-30-12-19(17-5-3-4-6-21(17)30)23-24(26(33)29-25(23)32)20-13-31(2)22-9-15(7-8-18(20)22)16-10-27-14-28-11-16/h3-14H,1-2H3,(H,29,32,33). The number of rotatable bonds is 3. The molecule has 5 aromatic rings. The van der Waals surface area contributed by atoms with Crippen molar-refractivity contribution in [3.8, 4) is 11.1 Å². The number of benzene rings is 2. The van der Waals surface area contributed by atoms with Crippen LogP contribution in [0.1, 0.15) is 11.1 Å². The fraction of sp³-hybridized carbons (Fsp3) is 0.0769. The predicted molar refractivity (Wildman–Crippen MR) is 127 cm³/mol. The van der Waals surface area contributed by atoms with Gasteiger partial charge in [-0.25, -0.2) is 9.97 Å². The van der Waals surface area contributed by atoms with Crippen molar-refractivity contribution in [2.24, 2.45) is 14.1 Å². The molecule has 7 nitrogen and oxygen atoms in total. The summed E-state index contributed by atoms with van der Waals surface area (Å²) in [6, 6.07) is 13.9. The number of nitrogens with zero attached hydrogens (tertiary/aromatic N) is 4. The predicted octanol–water partition coefficient (Wildman–Crippen LogP) is 3.69. The summed E-state index contributed by atoms with van der Waals surface area (Å²) in [5, 5.41) is 4.35. The van der Waals surface area contributed by atoms with Gasteiger partial charge in [-0.15, -0.1) is 0 Å². The van der Waals surface area contributed by atoms with Gasteiger partial charge < -0.3 is 9.13 Å². The molecule has 7 heteroatoms. The largest absolute Gasteiger partial charge is 0.350 e. The fourth-order valence-electron chi connectivity index (χ4n) is 4.72. The summed E-state index contributed by atoms with van der Waals surface area (Å²) in [4.78, 5) is 34.2. The van der Waals surface area contributed by atoms with Crippen molar-refractivity contribution in [3.05, 3.63) is 84.7 Å². The molecule has 6 rings (SSSR count). The van der Waals surface area contributed by atoms with Gasteiger partial charge in [-0.2, -0.15) is 0 Å². The van der Waals surface area contributed by atoms with Crippen molar-refractivity contribution in [3.63, 3.8) is 0 Å². The van der Waals surface area contributed by atoms with E-state index in [1.807, 2.05) is 78.1 Å². The molecule has 1 aliphatic rings. The van der Waals surface area contributed by atoms with Crippen LogP contribution in [-0.4, -0.2) is 30.9 Å². The number of carbonyl (C=O) groups excluding carboxylic acids is 2. The van der Waals surface area contributed by atoms with Crippen LogP contribution in [0.2, 0.25) is 0 Å². The van der Waals surface area contributed by atoms with Gasteiger partial charge >= 0.3 is 0 Å². The second kappa shape index (κ2) is 7.00. The Morgan fingerprint density at radius 3 is 2.03 bits per heavy atom. The molecule has 0 bridgehead atoms. The first-order valence-electron chi connectivity index (χ1n) is 10.5. The average Bonchev–Trinajstić information content (AvgIpc) is 3.44. The first kappa shape index (κ1) is 19.2. The Balaban J connectivity index is 1.61. The molecular weight excluding hydrogens is 414 g/mol. The third-order valence-corrected chi connectivity index (χ3v) is 6.25. The van der Waals surface area contributed by atoms with Gasteiger partial charge in [0.25, 0.3) is 11.8 Å². The van der Waals surface area contributed by atoms with E-state index in [4.69, 9.17) is 0 Å². The molecule has 0 fully saturated rings. The molecule has 33 heavy (non-hydrogen) atoms. The lowest BCUT2D eigenvalue weighted by Gasteiger charge is -2.04. The first-order valence-corrected chi connectivity index (χ1v) is 10.5. The number of carbonyl (C=O) groups is 2. The molecule has 2 aromatic carbocycles. The van der Waals surface area contributed by atoms with Crippen molar-refractivity contribution in [2.75, 3.05) is 0 Å². The lowest BCUT2D eigenvalue weighted by molar-refractivity contribution is -0.122. The van der Waals surface area contributed by atoms with Gasteiger partial charge in [0.15, 0.2) is 0 Å². The molecule has 1 N–H and O–H groups in total. The molecule has 1 aliphatic heterocycles. The van der Waals surface area contributed by atoms with Gasteiger partial charge in [-0.3, -0.25) is 14.9 Å². The molecule has 0 radical (unpaired) electrons. The van der Waals surface area contributed by atoms with Crippen molar-refractivity contribution in [2.45, 2.75) is 0 Å². The van der Waals surface area contributed by atoms with E-state index in [-0.39, 0.29) is 11.8 Å². The van der Waals surface area contributed by atoms with Crippen molar-refractivity contribution in [1.82, 2.24) is 24.4 Å². The van der Waals surface area contributed by atoms with Crippen LogP contribution in [0, 0.1) is 0 Å². The summed E-state index contributed by atoms with van der Waals surface area (Å²) in [6.45, 7) is 0. The number of aromatic nitrogens is 4. The van der Waals surface area contributed by atoms with Crippen LogP contribution < -0.4 is 5.32 Å². The highest BCUT2D eigenvalue weighted by Gasteiger charge is 2.35. The van der Waals surface area contributed by atoms with E-state index in [9.17, 15) is 9.59 Å². The number of fused-ring (bicyclic) bond motifs is 2. The molecule has 0 atom stereocenters. The number of hydrogen-bond donors (Lipinski definition) is 1. The van der Waals surface area contributed by atoms with Crippen molar-refractivity contribution < 1.29 is 9.59 Å². The average molecular weight is 433 g/mol. The summed E-state index contributed by atoms with van der Waals surface area (Å²) in [5.74, 6) is -0.752. The molecule has 0 unspecified atom stereocenters. The van der Waals surface area contributed by atoms with Gasteiger partial charge in [0.2, 0.25) is 0 Å². The van der Waals surface area contributed by atoms with Gasteiger partial charge in [-0.1, -0.05) is 30.3 Å². The highest BCUT2D eigenvalue weighted by molar-refractivity contribution is 6.50. The summed E-state index contributed by atoms with van der Waals surface area (Å²) in [5.41, 5.74) is 6.12. The smallest absolute Gasteiger partial charge is 0.259 e. The minimum atomic E-state index is -0.379. The Hall–Kier alpha value is -4.52. The number of aryl methyl sites for hydroxylation is 2. The van der Waals surface area contributed by atoms with Crippen LogP contribution in [-0.2, 0) is 23.7 Å². The van der Waals surface area contributed by atoms with E-state index < -0.39 is 0 Å². The quantitative estimate of drug-likeness (QED) is 0.440. The summed E-state index contributed by atoms with van der Waals surface area (Å²) >= 11 is 0. The minimum absolute atomic E-state index is 0.374. The van der Waals surface area contributed by atoms with E-state index in [0.29, 0.717) is 11.1 Å². The monoisotopic (exact) mass is 433 g/mol. The van der Waals surface area contributed by atoms with Crippen molar-refractivity contribution in [1.29, 1.82) is 0 Å². The molecule has 160 valence electrons. The third kappa shape index (κ3) is 2.82. The zero-order valence-corrected chi connectivity index (χ0v) is 18.0. The highest BCUT2D eigenvalue weighted by atomic mass is 16.2. The molecular formula is C26H19N5O2. The van der Waals surface area contributed by atoms with E-state index in [1.54, 1.807) is 12.4 Å². The number of hydrogen-bond acceptors (Lipinski definition) is 4. The van der Waals surface area contributed by atoms with Gasteiger partial charge in [-0.05, 0) is 17.7 Å². The Labute approximate surface area is 189 Å². The Bertz CT molecular complexity index is 1640. The minimum Gasteiger partial charge on any atom is -0.350 e. The third-order valence-electron chi connectivity index (χ3n) is 6.25. The number of nitrogens with one attached hydrogen (secondary N) is 1. The lowest BCUT2D eigenvalue weighted by Crippen LogP contribution is -2.22. The molecule has 0 aliphatic carbocycles. The second-order valence-corrected chi connectivity index (χ2v) is 8.22. The van der Waals surface area contributed by atoms with Crippen LogP contribution >= 0.6 is 0 Å². The Morgan fingerprint density at radius 1 is 0.727 bits per heavy atom. The maximum absolute atomic E-state index is 13.0. The summed E-state index contributed by atoms with van der Waals surface area (Å²) < 4.78 is 3.95. The molecule has 0 spiro atoms. The second-order valence-electron chi connectivity index (χ2n) is 8.22. The Morgan fingerprint density at radius 2 is 1.33 bits per heavy atom. The molecule has 3 aromatic heterocycles. The van der Waals surface area contributed by atoms with E-state index in [0.717, 1.165) is 44.1 Å². The zero-order chi connectivity index (χ0) is 22.7. The van der Waals surface area contributed by atoms with Crippen LogP contribution in [0.4, 0.5) is 0 Å².